The predicted octanol–water partition coefficient (Wildman–Crippen LogP) is 0.826. The van der Waals surface area contributed by atoms with Crippen molar-refractivity contribution in [1.82, 2.24) is 9.78 Å². The Kier molecular flexibility index (Phi) is 1.99. The van der Waals surface area contributed by atoms with E-state index in [1.807, 2.05) is 0 Å². The van der Waals surface area contributed by atoms with Gasteiger partial charge in [-0.05, 0) is 13.0 Å². The Labute approximate surface area is 70.1 Å². The Bertz CT molecular complexity index is 339. The molecule has 0 saturated carbocycles. The van der Waals surface area contributed by atoms with Gasteiger partial charge in [-0.25, -0.2) is 4.79 Å². The molecule has 0 atom stereocenters. The van der Waals surface area contributed by atoms with Crippen LogP contribution in [0.25, 0.3) is 5.57 Å². The van der Waals surface area contributed by atoms with E-state index < -0.39 is 5.97 Å². The van der Waals surface area contributed by atoms with Gasteiger partial charge in [-0.15, -0.1) is 0 Å². The Morgan fingerprint density at radius 3 is 2.67 bits per heavy atom. The topological polar surface area (TPSA) is 55.1 Å². The molecule has 1 aromatic rings. The summed E-state index contributed by atoms with van der Waals surface area (Å²) in [4.78, 5) is 10.5. The first kappa shape index (κ1) is 8.52. The van der Waals surface area contributed by atoms with Crippen molar-refractivity contribution in [3.05, 3.63) is 24.0 Å². The molecule has 0 aliphatic carbocycles. The zero-order valence-electron chi connectivity index (χ0n) is 7.03. The fraction of sp³-hybridized carbons (Fsp3) is 0.250. The lowest BCUT2D eigenvalue weighted by Gasteiger charge is -1.98. The van der Waals surface area contributed by atoms with Gasteiger partial charge in [0.05, 0.1) is 17.0 Å². The molecule has 0 unspecified atom stereocenters. The normalized spacial score (nSPS) is 9.83. The first-order chi connectivity index (χ1) is 5.52. The third kappa shape index (κ3) is 1.37. The summed E-state index contributed by atoms with van der Waals surface area (Å²) in [5.41, 5.74) is 1.40. The first-order valence-electron chi connectivity index (χ1n) is 3.45. The number of aromatic nitrogens is 2. The lowest BCUT2D eigenvalue weighted by molar-refractivity contribution is -0.130. The molecule has 0 aliphatic rings. The molecule has 0 amide bonds. The van der Waals surface area contributed by atoms with Crippen molar-refractivity contribution in [3.8, 4) is 0 Å². The lowest BCUT2D eigenvalue weighted by Crippen LogP contribution is -2.03. The molecule has 4 nitrogen and oxygen atoms in total. The van der Waals surface area contributed by atoms with Gasteiger partial charge in [-0.2, -0.15) is 5.10 Å². The highest BCUT2D eigenvalue weighted by Crippen LogP contribution is 2.12. The van der Waals surface area contributed by atoms with Gasteiger partial charge in [0.1, 0.15) is 0 Å². The van der Waals surface area contributed by atoms with Crippen LogP contribution in [-0.2, 0) is 11.8 Å². The van der Waals surface area contributed by atoms with Crippen molar-refractivity contribution in [2.75, 3.05) is 0 Å². The Balaban J connectivity index is 3.11. The fourth-order valence-electron chi connectivity index (χ4n) is 1.00. The Morgan fingerprint density at radius 1 is 1.75 bits per heavy atom. The van der Waals surface area contributed by atoms with Gasteiger partial charge in [-0.3, -0.25) is 4.68 Å². The molecular formula is C8H10N2O2. The molecule has 1 aromatic heterocycles. The summed E-state index contributed by atoms with van der Waals surface area (Å²) in [6.45, 7) is 5.24. The van der Waals surface area contributed by atoms with Crippen molar-refractivity contribution in [3.63, 3.8) is 0 Å². The summed E-state index contributed by atoms with van der Waals surface area (Å²) in [7, 11) is 1.69. The van der Waals surface area contributed by atoms with Crippen LogP contribution in [0.15, 0.2) is 12.6 Å². The number of hydrogen-bond acceptors (Lipinski definition) is 2. The molecule has 64 valence electrons. The van der Waals surface area contributed by atoms with Gasteiger partial charge in [0, 0.05) is 7.05 Å². The average molecular weight is 166 g/mol. The van der Waals surface area contributed by atoms with Crippen molar-refractivity contribution in [2.45, 2.75) is 6.92 Å². The number of rotatable bonds is 2. The van der Waals surface area contributed by atoms with Crippen LogP contribution in [0.3, 0.4) is 0 Å². The monoisotopic (exact) mass is 166 g/mol. The van der Waals surface area contributed by atoms with E-state index in [9.17, 15) is 4.79 Å². The number of carboxylic acid groups (broad SMARTS) is 1. The second kappa shape index (κ2) is 2.81. The fourth-order valence-corrected chi connectivity index (χ4v) is 1.00. The van der Waals surface area contributed by atoms with Crippen LogP contribution < -0.4 is 0 Å². The van der Waals surface area contributed by atoms with E-state index in [0.29, 0.717) is 5.69 Å². The van der Waals surface area contributed by atoms with Crippen molar-refractivity contribution >= 4 is 11.5 Å². The molecule has 1 heterocycles. The standard InChI is InChI=1S/C8H10N2O2/c1-5-4-7(10(3)9-5)6(2)8(11)12/h4H,2H2,1,3H3,(H,11,12). The van der Waals surface area contributed by atoms with E-state index in [1.165, 1.54) is 4.68 Å². The molecule has 1 rings (SSSR count). The van der Waals surface area contributed by atoms with E-state index in [1.54, 1.807) is 20.0 Å². The summed E-state index contributed by atoms with van der Waals surface area (Å²) < 4.78 is 1.51. The van der Waals surface area contributed by atoms with Crippen LogP contribution in [0.4, 0.5) is 0 Å². The number of hydrogen-bond donors (Lipinski definition) is 1. The minimum atomic E-state index is -1.02. The van der Waals surface area contributed by atoms with E-state index in [0.717, 1.165) is 5.69 Å². The van der Waals surface area contributed by atoms with E-state index in [-0.39, 0.29) is 5.57 Å². The summed E-state index contributed by atoms with van der Waals surface area (Å²) >= 11 is 0. The van der Waals surface area contributed by atoms with E-state index >= 15 is 0 Å². The smallest absolute Gasteiger partial charge is 0.337 e. The number of aryl methyl sites for hydroxylation is 2. The molecule has 0 bridgehead atoms. The van der Waals surface area contributed by atoms with Gasteiger partial charge >= 0.3 is 5.97 Å². The van der Waals surface area contributed by atoms with Crippen LogP contribution in [0.5, 0.6) is 0 Å². The minimum Gasteiger partial charge on any atom is -0.478 e. The van der Waals surface area contributed by atoms with Crippen LogP contribution in [-0.4, -0.2) is 20.9 Å². The largest absolute Gasteiger partial charge is 0.478 e. The summed E-state index contributed by atoms with van der Waals surface area (Å²) in [6.07, 6.45) is 0. The molecule has 0 aliphatic heterocycles. The second-order valence-electron chi connectivity index (χ2n) is 2.58. The van der Waals surface area contributed by atoms with Crippen molar-refractivity contribution < 1.29 is 9.90 Å². The predicted molar refractivity (Wildman–Crippen MR) is 44.6 cm³/mol. The van der Waals surface area contributed by atoms with Gasteiger partial charge in [-0.1, -0.05) is 6.58 Å². The van der Waals surface area contributed by atoms with Gasteiger partial charge in [0.2, 0.25) is 0 Å². The number of aliphatic carboxylic acids is 1. The highest BCUT2D eigenvalue weighted by atomic mass is 16.4. The zero-order chi connectivity index (χ0) is 9.30. The first-order valence-corrected chi connectivity index (χ1v) is 3.45. The summed E-state index contributed by atoms with van der Waals surface area (Å²) in [6, 6.07) is 1.69. The van der Waals surface area contributed by atoms with Crippen LogP contribution in [0, 0.1) is 6.92 Å². The lowest BCUT2D eigenvalue weighted by atomic mass is 10.2. The van der Waals surface area contributed by atoms with E-state index in [2.05, 4.69) is 11.7 Å². The molecule has 0 fully saturated rings. The average Bonchev–Trinajstić information content (AvgIpc) is 2.28. The Morgan fingerprint density at radius 2 is 2.33 bits per heavy atom. The summed E-state index contributed by atoms with van der Waals surface area (Å²) in [5.74, 6) is -1.02. The number of nitrogens with zero attached hydrogens (tertiary/aromatic N) is 2. The molecule has 12 heavy (non-hydrogen) atoms. The molecule has 0 radical (unpaired) electrons. The SMILES string of the molecule is C=C(C(=O)O)c1cc(C)nn1C. The maximum atomic E-state index is 10.5. The van der Waals surface area contributed by atoms with Crippen LogP contribution in [0.2, 0.25) is 0 Å². The second-order valence-corrected chi connectivity index (χ2v) is 2.58. The van der Waals surface area contributed by atoms with Gasteiger partial charge < -0.3 is 5.11 Å². The zero-order valence-corrected chi connectivity index (χ0v) is 7.03. The molecule has 0 aromatic carbocycles. The van der Waals surface area contributed by atoms with Crippen molar-refractivity contribution in [1.29, 1.82) is 0 Å². The number of carboxylic acids is 1. The highest BCUT2D eigenvalue weighted by molar-refractivity contribution is 6.13. The highest BCUT2D eigenvalue weighted by Gasteiger charge is 2.11. The third-order valence-electron chi connectivity index (χ3n) is 1.57. The van der Waals surface area contributed by atoms with Gasteiger partial charge in [0.15, 0.2) is 0 Å². The molecule has 1 N–H and O–H groups in total. The maximum Gasteiger partial charge on any atom is 0.337 e. The van der Waals surface area contributed by atoms with Crippen LogP contribution >= 0.6 is 0 Å². The molecule has 0 spiro atoms. The van der Waals surface area contributed by atoms with Gasteiger partial charge in [0.25, 0.3) is 0 Å². The van der Waals surface area contributed by atoms with E-state index in [4.69, 9.17) is 5.11 Å². The third-order valence-corrected chi connectivity index (χ3v) is 1.57. The quantitative estimate of drug-likeness (QED) is 0.662. The van der Waals surface area contributed by atoms with Crippen LogP contribution in [0.1, 0.15) is 11.4 Å². The molecular weight excluding hydrogens is 156 g/mol. The Hall–Kier alpha value is -1.58. The minimum absolute atomic E-state index is 0.0677. The molecule has 0 saturated heterocycles. The number of carbonyl (C=O) groups is 1. The van der Waals surface area contributed by atoms with Crippen molar-refractivity contribution in [2.24, 2.45) is 7.05 Å². The molecule has 4 heteroatoms. The summed E-state index contributed by atoms with van der Waals surface area (Å²) in [5, 5.41) is 12.6. The maximum absolute atomic E-state index is 10.5.